The third kappa shape index (κ3) is 4.91. The molecule has 2 aromatic heterocycles. The van der Waals surface area contributed by atoms with Crippen molar-refractivity contribution in [3.8, 4) is 5.75 Å². The molecule has 0 aliphatic carbocycles. The highest BCUT2D eigenvalue weighted by Crippen LogP contribution is 2.24. The summed E-state index contributed by atoms with van der Waals surface area (Å²) in [5.74, 6) is -2.58. The summed E-state index contributed by atoms with van der Waals surface area (Å²) >= 11 is 0. The predicted molar refractivity (Wildman–Crippen MR) is 131 cm³/mol. The maximum absolute atomic E-state index is 14.4. The highest BCUT2D eigenvalue weighted by molar-refractivity contribution is 6.00. The Morgan fingerprint density at radius 3 is 2.66 bits per heavy atom. The van der Waals surface area contributed by atoms with Gasteiger partial charge in [-0.25, -0.2) is 13.9 Å². The second-order valence-corrected chi connectivity index (χ2v) is 8.60. The number of ether oxygens (including phenoxy) is 1. The lowest BCUT2D eigenvalue weighted by Crippen LogP contribution is -2.38. The van der Waals surface area contributed by atoms with Gasteiger partial charge < -0.3 is 21.1 Å². The molecule has 3 amide bonds. The molecule has 0 spiro atoms. The molecule has 0 unspecified atom stereocenters. The molecular formula is C26H21FN6O5. The van der Waals surface area contributed by atoms with Crippen LogP contribution in [-0.2, 0) is 22.6 Å². The summed E-state index contributed by atoms with van der Waals surface area (Å²) in [4.78, 5) is 53.9. The van der Waals surface area contributed by atoms with E-state index in [9.17, 15) is 23.6 Å². The zero-order valence-corrected chi connectivity index (χ0v) is 19.8. The van der Waals surface area contributed by atoms with Crippen LogP contribution in [0.25, 0.3) is 5.65 Å². The number of nitrogens with one attached hydrogen (secondary N) is 2. The Hall–Kier alpha value is -5.13. The lowest BCUT2D eigenvalue weighted by molar-refractivity contribution is -0.121. The van der Waals surface area contributed by atoms with E-state index in [-0.39, 0.29) is 42.4 Å². The summed E-state index contributed by atoms with van der Waals surface area (Å²) in [6, 6.07) is 13.5. The van der Waals surface area contributed by atoms with Crippen molar-refractivity contribution in [3.63, 3.8) is 0 Å². The van der Waals surface area contributed by atoms with E-state index in [0.717, 1.165) is 22.3 Å². The number of fused-ring (bicyclic) bond motifs is 2. The fourth-order valence-electron chi connectivity index (χ4n) is 4.10. The number of carbonyl (C=O) groups is 4. The molecule has 0 radical (unpaired) electrons. The maximum atomic E-state index is 14.4. The number of hydrogen-bond donors (Lipinski definition) is 3. The summed E-state index contributed by atoms with van der Waals surface area (Å²) < 4.78 is 20.7. The second kappa shape index (κ2) is 10.1. The van der Waals surface area contributed by atoms with Gasteiger partial charge in [0.1, 0.15) is 29.8 Å². The molecule has 0 saturated heterocycles. The number of rotatable bonds is 7. The monoisotopic (exact) mass is 516 g/mol. The number of aromatic nitrogens is 3. The van der Waals surface area contributed by atoms with Gasteiger partial charge in [0, 0.05) is 24.6 Å². The number of halogens is 1. The van der Waals surface area contributed by atoms with Crippen molar-refractivity contribution >= 4 is 29.2 Å². The first-order valence-corrected chi connectivity index (χ1v) is 11.5. The van der Waals surface area contributed by atoms with Crippen molar-refractivity contribution < 1.29 is 28.3 Å². The Balaban J connectivity index is 1.39. The normalized spacial score (nSPS) is 13.3. The van der Waals surface area contributed by atoms with Gasteiger partial charge in [0.25, 0.3) is 11.8 Å². The molecule has 4 aromatic rings. The van der Waals surface area contributed by atoms with Crippen LogP contribution in [-0.4, -0.2) is 44.7 Å². The van der Waals surface area contributed by atoms with Gasteiger partial charge in [0.2, 0.25) is 5.91 Å². The molecule has 0 saturated carbocycles. The number of benzene rings is 2. The van der Waals surface area contributed by atoms with Gasteiger partial charge in [-0.2, -0.15) is 5.10 Å². The van der Waals surface area contributed by atoms with Crippen molar-refractivity contribution in [2.45, 2.75) is 19.0 Å². The Morgan fingerprint density at radius 1 is 1.11 bits per heavy atom. The zero-order chi connectivity index (χ0) is 26.8. The van der Waals surface area contributed by atoms with Gasteiger partial charge >= 0.3 is 0 Å². The fourth-order valence-corrected chi connectivity index (χ4v) is 4.10. The number of amides is 3. The summed E-state index contributed by atoms with van der Waals surface area (Å²) in [6.07, 6.45) is 1.10. The van der Waals surface area contributed by atoms with Crippen molar-refractivity contribution in [1.82, 2.24) is 25.2 Å². The standard InChI is InChI=1S/C26H21FN6O5/c27-18-12-30-33-20(26(37)32-22(23(28)35)15-4-2-1-3-5-15)10-19(31-24(18)33)25(36)29-11-14-6-7-21-16(8-14)9-17(34)13-38-21/h1-8,10,12,22H,9,11,13H2,(H2,28,35)(H,29,36)(H,32,37)/t22-/m1/s1. The molecule has 5 rings (SSSR count). The quantitative estimate of drug-likeness (QED) is 0.334. The largest absolute Gasteiger partial charge is 0.486 e. The number of ketones is 1. The van der Waals surface area contributed by atoms with Gasteiger partial charge in [0.05, 0.1) is 6.20 Å². The third-order valence-corrected chi connectivity index (χ3v) is 5.94. The smallest absolute Gasteiger partial charge is 0.271 e. The number of carbonyl (C=O) groups excluding carboxylic acids is 4. The first-order valence-electron chi connectivity index (χ1n) is 11.5. The first kappa shape index (κ1) is 24.6. The Kier molecular flexibility index (Phi) is 6.52. The number of nitrogens with zero attached hydrogens (tertiary/aromatic N) is 3. The lowest BCUT2D eigenvalue weighted by atomic mass is 10.0. The van der Waals surface area contributed by atoms with Gasteiger partial charge in [-0.3, -0.25) is 19.2 Å². The molecule has 1 aliphatic heterocycles. The molecule has 1 aliphatic rings. The van der Waals surface area contributed by atoms with E-state index in [2.05, 4.69) is 20.7 Å². The van der Waals surface area contributed by atoms with Gasteiger partial charge in [-0.05, 0) is 23.3 Å². The Labute approximate surface area is 214 Å². The van der Waals surface area contributed by atoms with Crippen LogP contribution >= 0.6 is 0 Å². The summed E-state index contributed by atoms with van der Waals surface area (Å²) in [6.45, 7) is 0.109. The van der Waals surface area contributed by atoms with E-state index in [4.69, 9.17) is 10.5 Å². The Morgan fingerprint density at radius 2 is 1.89 bits per heavy atom. The third-order valence-electron chi connectivity index (χ3n) is 5.94. The minimum absolute atomic E-state index is 0.0316. The molecule has 4 N–H and O–H groups in total. The van der Waals surface area contributed by atoms with E-state index in [1.165, 1.54) is 0 Å². The number of Topliss-reactive ketones (excluding diaryl/α,β-unsaturated/α-hetero) is 1. The van der Waals surface area contributed by atoms with E-state index >= 15 is 0 Å². The van der Waals surface area contributed by atoms with Crippen molar-refractivity contribution in [3.05, 3.63) is 94.7 Å². The molecule has 11 nitrogen and oxygen atoms in total. The Bertz CT molecular complexity index is 1590. The van der Waals surface area contributed by atoms with Crippen molar-refractivity contribution in [2.75, 3.05) is 6.61 Å². The molecule has 0 fully saturated rings. The topological polar surface area (TPSA) is 158 Å². The molecule has 38 heavy (non-hydrogen) atoms. The lowest BCUT2D eigenvalue weighted by Gasteiger charge is -2.17. The summed E-state index contributed by atoms with van der Waals surface area (Å²) in [5, 5.41) is 9.02. The van der Waals surface area contributed by atoms with Crippen LogP contribution < -0.4 is 21.1 Å². The van der Waals surface area contributed by atoms with Gasteiger partial charge in [-0.1, -0.05) is 36.4 Å². The first-order chi connectivity index (χ1) is 18.3. The SMILES string of the molecule is NC(=O)[C@H](NC(=O)c1cc(C(=O)NCc2ccc3c(c2)CC(=O)CO3)nc2c(F)cnn12)c1ccccc1. The minimum atomic E-state index is -1.18. The van der Waals surface area contributed by atoms with Crippen LogP contribution in [0.5, 0.6) is 5.75 Å². The van der Waals surface area contributed by atoms with E-state index < -0.39 is 29.6 Å². The minimum Gasteiger partial charge on any atom is -0.486 e. The van der Waals surface area contributed by atoms with Crippen LogP contribution in [0.15, 0.2) is 60.8 Å². The molecule has 2 aromatic carbocycles. The van der Waals surface area contributed by atoms with E-state index in [0.29, 0.717) is 16.9 Å². The average Bonchev–Trinajstić information content (AvgIpc) is 3.30. The molecule has 192 valence electrons. The maximum Gasteiger partial charge on any atom is 0.271 e. The molecule has 1 atom stereocenters. The number of hydrogen-bond acceptors (Lipinski definition) is 7. The van der Waals surface area contributed by atoms with Crippen LogP contribution in [0.3, 0.4) is 0 Å². The molecular weight excluding hydrogens is 495 g/mol. The second-order valence-electron chi connectivity index (χ2n) is 8.60. The van der Waals surface area contributed by atoms with Crippen LogP contribution in [0.2, 0.25) is 0 Å². The van der Waals surface area contributed by atoms with E-state index in [1.54, 1.807) is 48.5 Å². The van der Waals surface area contributed by atoms with Crippen molar-refractivity contribution in [1.29, 1.82) is 0 Å². The van der Waals surface area contributed by atoms with Crippen molar-refractivity contribution in [2.24, 2.45) is 5.73 Å². The highest BCUT2D eigenvalue weighted by atomic mass is 19.1. The highest BCUT2D eigenvalue weighted by Gasteiger charge is 2.25. The van der Waals surface area contributed by atoms with Gasteiger partial charge in [-0.15, -0.1) is 0 Å². The number of primary amides is 1. The fraction of sp³-hybridized carbons (Fsp3) is 0.154. The number of nitrogens with two attached hydrogens (primary N) is 1. The van der Waals surface area contributed by atoms with Crippen LogP contribution in [0.4, 0.5) is 4.39 Å². The summed E-state index contributed by atoms with van der Waals surface area (Å²) in [5.41, 5.74) is 6.55. The zero-order valence-electron chi connectivity index (χ0n) is 19.8. The van der Waals surface area contributed by atoms with Crippen LogP contribution in [0, 0.1) is 5.82 Å². The molecule has 12 heteroatoms. The molecule has 3 heterocycles. The van der Waals surface area contributed by atoms with E-state index in [1.807, 2.05) is 0 Å². The molecule has 0 bridgehead atoms. The average molecular weight is 516 g/mol. The summed E-state index contributed by atoms with van der Waals surface area (Å²) in [7, 11) is 0. The van der Waals surface area contributed by atoms with Crippen LogP contribution in [0.1, 0.15) is 43.7 Å². The predicted octanol–water partition coefficient (Wildman–Crippen LogP) is 1.26. The van der Waals surface area contributed by atoms with Gasteiger partial charge in [0.15, 0.2) is 17.2 Å².